The van der Waals surface area contributed by atoms with Gasteiger partial charge < -0.3 is 9.84 Å². The van der Waals surface area contributed by atoms with Crippen molar-refractivity contribution in [3.8, 4) is 0 Å². The zero-order chi connectivity index (χ0) is 13.3. The van der Waals surface area contributed by atoms with E-state index in [0.717, 1.165) is 31.2 Å². The second-order valence-electron chi connectivity index (χ2n) is 6.90. The van der Waals surface area contributed by atoms with Gasteiger partial charge in [-0.25, -0.2) is 0 Å². The first-order valence-corrected chi connectivity index (χ1v) is 7.68. The maximum absolute atomic E-state index is 5.54. The van der Waals surface area contributed by atoms with E-state index in [9.17, 15) is 0 Å². The van der Waals surface area contributed by atoms with Crippen LogP contribution in [0.3, 0.4) is 0 Å². The van der Waals surface area contributed by atoms with Crippen LogP contribution < -0.4 is 5.32 Å². The van der Waals surface area contributed by atoms with E-state index in [2.05, 4.69) is 29.3 Å². The van der Waals surface area contributed by atoms with E-state index in [1.54, 1.807) is 0 Å². The minimum Gasteiger partial charge on any atom is -0.339 e. The third-order valence-electron chi connectivity index (χ3n) is 4.91. The Balaban J connectivity index is 1.66. The van der Waals surface area contributed by atoms with Gasteiger partial charge in [-0.2, -0.15) is 4.98 Å². The van der Waals surface area contributed by atoms with Crippen LogP contribution in [0.2, 0.25) is 0 Å². The van der Waals surface area contributed by atoms with Gasteiger partial charge in [0.25, 0.3) is 0 Å². The van der Waals surface area contributed by atoms with Crippen molar-refractivity contribution in [3.05, 3.63) is 11.7 Å². The van der Waals surface area contributed by atoms with Gasteiger partial charge in [0.15, 0.2) is 5.82 Å². The molecule has 2 unspecified atom stereocenters. The molecular formula is C15H25N3O. The lowest BCUT2D eigenvalue weighted by atomic mass is 9.82. The second kappa shape index (κ2) is 5.23. The summed E-state index contributed by atoms with van der Waals surface area (Å²) in [6.07, 6.45) is 7.25. The minimum atomic E-state index is 0.316. The molecule has 1 N–H and O–H groups in total. The van der Waals surface area contributed by atoms with Crippen LogP contribution in [0.1, 0.15) is 63.6 Å². The number of nitrogens with zero attached hydrogens (tertiary/aromatic N) is 2. The molecule has 1 saturated heterocycles. The van der Waals surface area contributed by atoms with Crippen molar-refractivity contribution in [2.24, 2.45) is 11.3 Å². The number of aromatic nitrogens is 2. The van der Waals surface area contributed by atoms with E-state index >= 15 is 0 Å². The molecule has 19 heavy (non-hydrogen) atoms. The smallest absolute Gasteiger partial charge is 0.230 e. The summed E-state index contributed by atoms with van der Waals surface area (Å²) in [4.78, 5) is 4.68. The molecule has 3 rings (SSSR count). The van der Waals surface area contributed by atoms with Crippen molar-refractivity contribution < 1.29 is 4.52 Å². The van der Waals surface area contributed by atoms with Gasteiger partial charge in [0.2, 0.25) is 5.89 Å². The molecule has 1 aromatic heterocycles. The molecule has 0 bridgehead atoms. The largest absolute Gasteiger partial charge is 0.339 e. The zero-order valence-electron chi connectivity index (χ0n) is 12.1. The Labute approximate surface area is 115 Å². The molecule has 2 heterocycles. The molecule has 2 fully saturated rings. The van der Waals surface area contributed by atoms with Gasteiger partial charge in [-0.15, -0.1) is 0 Å². The number of hydrogen-bond donors (Lipinski definition) is 1. The predicted octanol–water partition coefficient (Wildman–Crippen LogP) is 2.91. The van der Waals surface area contributed by atoms with Crippen LogP contribution in [0.15, 0.2) is 4.52 Å². The van der Waals surface area contributed by atoms with Crippen LogP contribution >= 0.6 is 0 Å². The van der Waals surface area contributed by atoms with Crippen molar-refractivity contribution in [2.75, 3.05) is 13.1 Å². The van der Waals surface area contributed by atoms with E-state index in [-0.39, 0.29) is 0 Å². The summed E-state index contributed by atoms with van der Waals surface area (Å²) in [5, 5.41) is 7.65. The van der Waals surface area contributed by atoms with Crippen LogP contribution in [0.4, 0.5) is 0 Å². The summed E-state index contributed by atoms with van der Waals surface area (Å²) in [6.45, 7) is 6.89. The third kappa shape index (κ3) is 2.83. The highest BCUT2D eigenvalue weighted by molar-refractivity contribution is 5.04. The van der Waals surface area contributed by atoms with Crippen molar-refractivity contribution in [2.45, 2.75) is 58.3 Å². The van der Waals surface area contributed by atoms with Gasteiger partial charge in [-0.3, -0.25) is 0 Å². The highest BCUT2D eigenvalue weighted by Gasteiger charge is 2.39. The molecule has 0 spiro atoms. The molecule has 4 heteroatoms. The fraction of sp³-hybridized carbons (Fsp3) is 0.867. The van der Waals surface area contributed by atoms with E-state index < -0.39 is 0 Å². The molecule has 0 radical (unpaired) electrons. The maximum atomic E-state index is 5.54. The Bertz CT molecular complexity index is 421. The van der Waals surface area contributed by atoms with Gasteiger partial charge in [0, 0.05) is 12.3 Å². The molecule has 106 valence electrons. The van der Waals surface area contributed by atoms with Crippen LogP contribution in [0.5, 0.6) is 0 Å². The first kappa shape index (κ1) is 13.1. The van der Waals surface area contributed by atoms with Crippen molar-refractivity contribution in [1.29, 1.82) is 0 Å². The molecule has 0 amide bonds. The quantitative estimate of drug-likeness (QED) is 0.911. The lowest BCUT2D eigenvalue weighted by Gasteiger charge is -2.23. The average molecular weight is 263 g/mol. The van der Waals surface area contributed by atoms with Crippen molar-refractivity contribution in [1.82, 2.24) is 15.5 Å². The van der Waals surface area contributed by atoms with E-state index in [1.807, 2.05) is 0 Å². The van der Waals surface area contributed by atoms with Crippen LogP contribution in [0.25, 0.3) is 0 Å². The SMILES string of the molecule is CC1(C)CCCC1c1nc(CC2CCCNC2)no1. The average Bonchev–Trinajstić information content (AvgIpc) is 2.96. The Morgan fingerprint density at radius 2 is 2.21 bits per heavy atom. The van der Waals surface area contributed by atoms with Gasteiger partial charge >= 0.3 is 0 Å². The Morgan fingerprint density at radius 1 is 1.32 bits per heavy atom. The lowest BCUT2D eigenvalue weighted by molar-refractivity contribution is 0.260. The zero-order valence-corrected chi connectivity index (χ0v) is 12.1. The topological polar surface area (TPSA) is 51.0 Å². The fourth-order valence-corrected chi connectivity index (χ4v) is 3.63. The minimum absolute atomic E-state index is 0.316. The summed E-state index contributed by atoms with van der Waals surface area (Å²) in [6, 6.07) is 0. The van der Waals surface area contributed by atoms with E-state index in [4.69, 9.17) is 4.52 Å². The highest BCUT2D eigenvalue weighted by Crippen LogP contribution is 2.48. The molecule has 4 nitrogen and oxygen atoms in total. The van der Waals surface area contributed by atoms with Crippen LogP contribution in [-0.4, -0.2) is 23.2 Å². The number of rotatable bonds is 3. The number of hydrogen-bond acceptors (Lipinski definition) is 4. The molecule has 1 aliphatic carbocycles. The van der Waals surface area contributed by atoms with Crippen LogP contribution in [-0.2, 0) is 6.42 Å². The highest BCUT2D eigenvalue weighted by atomic mass is 16.5. The fourth-order valence-electron chi connectivity index (χ4n) is 3.63. The normalized spacial score (nSPS) is 30.6. The first-order valence-electron chi connectivity index (χ1n) is 7.68. The van der Waals surface area contributed by atoms with E-state index in [1.165, 1.54) is 32.1 Å². The molecular weight excluding hydrogens is 238 g/mol. The predicted molar refractivity (Wildman–Crippen MR) is 74.0 cm³/mol. The summed E-state index contributed by atoms with van der Waals surface area (Å²) in [5.74, 6) is 2.92. The van der Waals surface area contributed by atoms with Gasteiger partial charge in [0.05, 0.1) is 0 Å². The summed E-state index contributed by atoms with van der Waals surface area (Å²) in [7, 11) is 0. The van der Waals surface area contributed by atoms with E-state index in [0.29, 0.717) is 17.3 Å². The molecule has 1 aliphatic heterocycles. The van der Waals surface area contributed by atoms with Gasteiger partial charge in [-0.1, -0.05) is 25.4 Å². The van der Waals surface area contributed by atoms with Crippen molar-refractivity contribution in [3.63, 3.8) is 0 Å². The maximum Gasteiger partial charge on any atom is 0.230 e. The molecule has 2 aliphatic rings. The Kier molecular flexibility index (Phi) is 3.61. The second-order valence-corrected chi connectivity index (χ2v) is 6.90. The Morgan fingerprint density at radius 3 is 2.89 bits per heavy atom. The number of nitrogens with one attached hydrogen (secondary N) is 1. The molecule has 1 aromatic rings. The number of piperidine rings is 1. The van der Waals surface area contributed by atoms with Gasteiger partial charge in [-0.05, 0) is 50.1 Å². The standard InChI is InChI=1S/C15H25N3O/c1-15(2)7-3-6-12(15)14-17-13(18-19-14)9-11-5-4-8-16-10-11/h11-12,16H,3-10H2,1-2H3. The summed E-state index contributed by atoms with van der Waals surface area (Å²) in [5.41, 5.74) is 0.316. The lowest BCUT2D eigenvalue weighted by Crippen LogP contribution is -2.31. The summed E-state index contributed by atoms with van der Waals surface area (Å²) < 4.78 is 5.54. The monoisotopic (exact) mass is 263 g/mol. The van der Waals surface area contributed by atoms with Gasteiger partial charge in [0.1, 0.15) is 0 Å². The molecule has 1 saturated carbocycles. The molecule has 0 aromatic carbocycles. The first-order chi connectivity index (χ1) is 9.15. The van der Waals surface area contributed by atoms with Crippen LogP contribution in [0, 0.1) is 11.3 Å². The van der Waals surface area contributed by atoms with Crippen molar-refractivity contribution >= 4 is 0 Å². The third-order valence-corrected chi connectivity index (χ3v) is 4.91. The summed E-state index contributed by atoms with van der Waals surface area (Å²) >= 11 is 0. The molecule has 2 atom stereocenters. The Hall–Kier alpha value is -0.900.